The molecule has 0 bridgehead atoms. The van der Waals surface area contributed by atoms with Gasteiger partial charge in [-0.3, -0.25) is 4.98 Å². The standard InChI is InChI=1S/C10H13N2S/c1-2-9(7-11-3-1)6-10-8-12-4-5-13-10/h1-3,10,12H,4-6,8H2. The maximum Gasteiger partial charge on any atom is 0.0921 e. The Morgan fingerprint density at radius 3 is 3.38 bits per heavy atom. The number of hydrogen-bond acceptors (Lipinski definition) is 3. The van der Waals surface area contributed by atoms with Gasteiger partial charge in [0, 0.05) is 30.3 Å². The van der Waals surface area contributed by atoms with E-state index in [0.29, 0.717) is 5.25 Å². The molecule has 1 N–H and O–H groups in total. The number of nitrogens with one attached hydrogen (secondary N) is 1. The zero-order valence-electron chi connectivity index (χ0n) is 7.49. The van der Waals surface area contributed by atoms with E-state index >= 15 is 0 Å². The van der Waals surface area contributed by atoms with E-state index in [1.54, 1.807) is 6.20 Å². The molecule has 1 unspecified atom stereocenters. The summed E-state index contributed by atoms with van der Waals surface area (Å²) in [7, 11) is 0. The van der Waals surface area contributed by atoms with E-state index < -0.39 is 0 Å². The Hall–Kier alpha value is -0.540. The van der Waals surface area contributed by atoms with Crippen LogP contribution in [0.1, 0.15) is 5.56 Å². The van der Waals surface area contributed by atoms with Gasteiger partial charge in [0.15, 0.2) is 0 Å². The van der Waals surface area contributed by atoms with Crippen molar-refractivity contribution >= 4 is 11.8 Å². The first-order valence-corrected chi connectivity index (χ1v) is 5.64. The fraction of sp³-hybridized carbons (Fsp3) is 0.500. The van der Waals surface area contributed by atoms with E-state index in [9.17, 15) is 0 Å². The lowest BCUT2D eigenvalue weighted by molar-refractivity contribution is 0.665. The van der Waals surface area contributed by atoms with Gasteiger partial charge in [-0.2, -0.15) is 11.8 Å². The van der Waals surface area contributed by atoms with Crippen molar-refractivity contribution in [2.24, 2.45) is 0 Å². The number of aromatic nitrogens is 1. The quantitative estimate of drug-likeness (QED) is 0.762. The Kier molecular flexibility index (Phi) is 3.22. The van der Waals surface area contributed by atoms with Crippen molar-refractivity contribution in [3.8, 4) is 0 Å². The molecule has 1 aliphatic heterocycles. The molecule has 0 aromatic carbocycles. The van der Waals surface area contributed by atoms with E-state index in [1.807, 2.05) is 17.8 Å². The predicted molar refractivity (Wildman–Crippen MR) is 55.9 cm³/mol. The van der Waals surface area contributed by atoms with Crippen LogP contribution in [-0.4, -0.2) is 29.1 Å². The van der Waals surface area contributed by atoms with Gasteiger partial charge >= 0.3 is 0 Å². The molecule has 1 aromatic rings. The van der Waals surface area contributed by atoms with Crippen LogP contribution in [0.3, 0.4) is 0 Å². The third kappa shape index (κ3) is 2.71. The highest BCUT2D eigenvalue weighted by atomic mass is 32.2. The molecule has 0 aliphatic carbocycles. The third-order valence-electron chi connectivity index (χ3n) is 2.12. The molecule has 1 fully saturated rings. The van der Waals surface area contributed by atoms with Crippen LogP contribution in [0, 0.1) is 6.20 Å². The topological polar surface area (TPSA) is 24.9 Å². The Labute approximate surface area is 83.1 Å². The minimum absolute atomic E-state index is 0.703. The molecule has 1 atom stereocenters. The Bertz CT molecular complexity index is 244. The first kappa shape index (κ1) is 9.03. The SMILES string of the molecule is [c]1ncccc1CC1CNCCS1. The molecular formula is C10H13N2S. The van der Waals surface area contributed by atoms with Crippen molar-refractivity contribution in [2.75, 3.05) is 18.8 Å². The second kappa shape index (κ2) is 4.63. The van der Waals surface area contributed by atoms with Gasteiger partial charge in [0.2, 0.25) is 0 Å². The highest BCUT2D eigenvalue weighted by Crippen LogP contribution is 2.17. The molecule has 1 radical (unpaired) electrons. The van der Waals surface area contributed by atoms with Gasteiger partial charge in [0.1, 0.15) is 0 Å². The molecule has 2 heterocycles. The van der Waals surface area contributed by atoms with E-state index in [-0.39, 0.29) is 0 Å². The van der Waals surface area contributed by atoms with Crippen LogP contribution in [0.4, 0.5) is 0 Å². The second-order valence-corrected chi connectivity index (χ2v) is 4.58. The zero-order valence-corrected chi connectivity index (χ0v) is 8.31. The first-order chi connectivity index (χ1) is 6.45. The van der Waals surface area contributed by atoms with Crippen molar-refractivity contribution in [3.05, 3.63) is 30.1 Å². The molecule has 1 aliphatic rings. The minimum atomic E-state index is 0.703. The van der Waals surface area contributed by atoms with Crippen LogP contribution in [0.15, 0.2) is 18.3 Å². The minimum Gasteiger partial charge on any atom is -0.315 e. The van der Waals surface area contributed by atoms with E-state index in [0.717, 1.165) is 19.5 Å². The molecule has 0 saturated carbocycles. The van der Waals surface area contributed by atoms with E-state index in [2.05, 4.69) is 22.6 Å². The summed E-state index contributed by atoms with van der Waals surface area (Å²) in [6.07, 6.45) is 5.89. The lowest BCUT2D eigenvalue weighted by Gasteiger charge is -2.21. The molecule has 2 rings (SSSR count). The summed E-state index contributed by atoms with van der Waals surface area (Å²) >= 11 is 2.05. The van der Waals surface area contributed by atoms with Crippen molar-refractivity contribution in [1.29, 1.82) is 0 Å². The van der Waals surface area contributed by atoms with E-state index in [4.69, 9.17) is 0 Å². The van der Waals surface area contributed by atoms with Gasteiger partial charge in [-0.05, 0) is 18.1 Å². The van der Waals surface area contributed by atoms with Crippen LogP contribution in [0.5, 0.6) is 0 Å². The summed E-state index contributed by atoms with van der Waals surface area (Å²) < 4.78 is 0. The molecule has 13 heavy (non-hydrogen) atoms. The molecule has 3 heteroatoms. The third-order valence-corrected chi connectivity index (χ3v) is 3.36. The zero-order chi connectivity index (χ0) is 8.93. The molecule has 69 valence electrons. The summed E-state index contributed by atoms with van der Waals surface area (Å²) in [5.74, 6) is 1.23. The lowest BCUT2D eigenvalue weighted by atomic mass is 10.1. The van der Waals surface area contributed by atoms with Crippen molar-refractivity contribution in [2.45, 2.75) is 11.7 Å². The number of pyridine rings is 1. The maximum absolute atomic E-state index is 4.00. The molecule has 0 spiro atoms. The Morgan fingerprint density at radius 2 is 2.69 bits per heavy atom. The Morgan fingerprint density at radius 1 is 1.69 bits per heavy atom. The molecular weight excluding hydrogens is 180 g/mol. The van der Waals surface area contributed by atoms with Crippen LogP contribution in [0.2, 0.25) is 0 Å². The number of rotatable bonds is 2. The van der Waals surface area contributed by atoms with E-state index in [1.165, 1.54) is 11.3 Å². The van der Waals surface area contributed by atoms with Crippen molar-refractivity contribution in [1.82, 2.24) is 10.3 Å². The summed E-state index contributed by atoms with van der Waals surface area (Å²) in [6, 6.07) is 4.08. The molecule has 1 saturated heterocycles. The summed E-state index contributed by atoms with van der Waals surface area (Å²) in [5, 5.41) is 4.10. The van der Waals surface area contributed by atoms with Gasteiger partial charge in [-0.1, -0.05) is 6.07 Å². The average molecular weight is 193 g/mol. The van der Waals surface area contributed by atoms with Crippen molar-refractivity contribution in [3.63, 3.8) is 0 Å². The molecule has 1 aromatic heterocycles. The number of thioether (sulfide) groups is 1. The van der Waals surface area contributed by atoms with Gasteiger partial charge in [0.05, 0.1) is 6.20 Å². The highest BCUT2D eigenvalue weighted by molar-refractivity contribution is 8.00. The normalized spacial score (nSPS) is 22.9. The molecule has 2 nitrogen and oxygen atoms in total. The fourth-order valence-electron chi connectivity index (χ4n) is 1.47. The Balaban J connectivity index is 1.90. The van der Waals surface area contributed by atoms with Crippen molar-refractivity contribution < 1.29 is 0 Å². The largest absolute Gasteiger partial charge is 0.315 e. The first-order valence-electron chi connectivity index (χ1n) is 4.59. The average Bonchev–Trinajstić information content (AvgIpc) is 2.21. The second-order valence-electron chi connectivity index (χ2n) is 3.18. The number of nitrogens with zero attached hydrogens (tertiary/aromatic N) is 1. The van der Waals surface area contributed by atoms with Gasteiger partial charge in [0.25, 0.3) is 0 Å². The fourth-order valence-corrected chi connectivity index (χ4v) is 2.60. The van der Waals surface area contributed by atoms with Crippen LogP contribution < -0.4 is 5.32 Å². The highest BCUT2D eigenvalue weighted by Gasteiger charge is 2.13. The van der Waals surface area contributed by atoms with Gasteiger partial charge < -0.3 is 5.32 Å². The van der Waals surface area contributed by atoms with Crippen LogP contribution >= 0.6 is 11.8 Å². The predicted octanol–water partition coefficient (Wildman–Crippen LogP) is 1.13. The smallest absolute Gasteiger partial charge is 0.0921 e. The van der Waals surface area contributed by atoms with Crippen LogP contribution in [-0.2, 0) is 6.42 Å². The van der Waals surface area contributed by atoms with Gasteiger partial charge in [-0.25, -0.2) is 0 Å². The monoisotopic (exact) mass is 193 g/mol. The summed E-state index contributed by atoms with van der Waals surface area (Å²) in [6.45, 7) is 2.27. The van der Waals surface area contributed by atoms with Gasteiger partial charge in [-0.15, -0.1) is 0 Å². The lowest BCUT2D eigenvalue weighted by Crippen LogP contribution is -2.33. The number of hydrogen-bond donors (Lipinski definition) is 1. The summed E-state index contributed by atoms with van der Waals surface area (Å²) in [5.41, 5.74) is 1.23. The molecule has 0 amide bonds. The maximum atomic E-state index is 4.00. The summed E-state index contributed by atoms with van der Waals surface area (Å²) in [4.78, 5) is 4.00. The van der Waals surface area contributed by atoms with Crippen LogP contribution in [0.25, 0.3) is 0 Å².